The van der Waals surface area contributed by atoms with Crippen molar-refractivity contribution in [3.8, 4) is 0 Å². The molecule has 0 spiro atoms. The second kappa shape index (κ2) is 55.3. The van der Waals surface area contributed by atoms with Crippen LogP contribution in [0.4, 0.5) is 0 Å². The van der Waals surface area contributed by atoms with Gasteiger partial charge in [0, 0.05) is 12.8 Å². The highest BCUT2D eigenvalue weighted by Crippen LogP contribution is 2.43. The molecule has 2 N–H and O–H groups in total. The molecule has 0 saturated heterocycles. The van der Waals surface area contributed by atoms with Gasteiger partial charge >= 0.3 is 13.8 Å². The maximum atomic E-state index is 13.6. The molecular formula is C65H124N2O7P+. The lowest BCUT2D eigenvalue weighted by Gasteiger charge is -2.27. The van der Waals surface area contributed by atoms with Gasteiger partial charge in [-0.3, -0.25) is 18.6 Å². The molecule has 0 aromatic rings. The lowest BCUT2D eigenvalue weighted by Crippen LogP contribution is -2.47. The van der Waals surface area contributed by atoms with Crippen LogP contribution in [0.15, 0.2) is 48.6 Å². The summed E-state index contributed by atoms with van der Waals surface area (Å²) in [5.41, 5.74) is 0. The monoisotopic (exact) mass is 1080 g/mol. The Morgan fingerprint density at radius 3 is 1.24 bits per heavy atom. The number of nitrogens with one attached hydrogen (secondary N) is 1. The van der Waals surface area contributed by atoms with Gasteiger partial charge in [0.25, 0.3) is 0 Å². The number of rotatable bonds is 58. The Balaban J connectivity index is 5.27. The van der Waals surface area contributed by atoms with E-state index in [2.05, 4.69) is 62.5 Å². The molecule has 0 heterocycles. The van der Waals surface area contributed by atoms with E-state index in [0.29, 0.717) is 23.9 Å². The number of esters is 1. The zero-order valence-corrected chi connectivity index (χ0v) is 51.2. The summed E-state index contributed by atoms with van der Waals surface area (Å²) in [6.07, 6.45) is 68.1. The van der Waals surface area contributed by atoms with Gasteiger partial charge in [0.15, 0.2) is 0 Å². The molecule has 9 nitrogen and oxygen atoms in total. The number of likely N-dealkylation sites (N-methyl/N-ethyl adjacent to an activating group) is 1. The molecule has 10 heteroatoms. The van der Waals surface area contributed by atoms with E-state index < -0.39 is 20.0 Å². The molecule has 0 saturated carbocycles. The number of amides is 1. The lowest BCUT2D eigenvalue weighted by atomic mass is 10.0. The number of allylic oxidation sites excluding steroid dienone is 7. The maximum Gasteiger partial charge on any atom is 0.472 e. The predicted molar refractivity (Wildman–Crippen MR) is 323 cm³/mol. The summed E-state index contributed by atoms with van der Waals surface area (Å²) in [5, 5.41) is 3.06. The fourth-order valence-corrected chi connectivity index (χ4v) is 10.0. The van der Waals surface area contributed by atoms with Crippen LogP contribution in [0, 0.1) is 0 Å². The van der Waals surface area contributed by atoms with Crippen molar-refractivity contribution in [2.45, 2.75) is 315 Å². The Morgan fingerprint density at radius 1 is 0.467 bits per heavy atom. The first-order valence-electron chi connectivity index (χ1n) is 32.0. The molecule has 0 aromatic carbocycles. The van der Waals surface area contributed by atoms with Crippen molar-refractivity contribution in [1.29, 1.82) is 0 Å². The molecule has 0 aromatic heterocycles. The number of phosphoric ester groups is 1. The van der Waals surface area contributed by atoms with Crippen molar-refractivity contribution in [2.24, 2.45) is 0 Å². The molecule has 0 radical (unpaired) electrons. The van der Waals surface area contributed by atoms with E-state index in [-0.39, 0.29) is 25.1 Å². The fraction of sp³-hybridized carbons (Fsp3) is 0.846. The second-order valence-corrected chi connectivity index (χ2v) is 24.4. The summed E-state index contributed by atoms with van der Waals surface area (Å²) < 4.78 is 30.7. The first kappa shape index (κ1) is 73.0. The minimum absolute atomic E-state index is 0.0385. The lowest BCUT2D eigenvalue weighted by molar-refractivity contribution is -0.870. The quantitative estimate of drug-likeness (QED) is 0.0205. The third-order valence-electron chi connectivity index (χ3n) is 14.3. The van der Waals surface area contributed by atoms with Crippen LogP contribution in [0.1, 0.15) is 303 Å². The molecule has 0 rings (SSSR count). The van der Waals surface area contributed by atoms with Gasteiger partial charge in [0.2, 0.25) is 5.91 Å². The number of quaternary nitrogens is 1. The summed E-state index contributed by atoms with van der Waals surface area (Å²) in [6, 6.07) is -0.853. The van der Waals surface area contributed by atoms with Gasteiger partial charge in [0.05, 0.1) is 33.8 Å². The first-order chi connectivity index (χ1) is 36.4. The summed E-state index contributed by atoms with van der Waals surface area (Å²) in [7, 11) is 1.49. The third kappa shape index (κ3) is 56.5. The summed E-state index contributed by atoms with van der Waals surface area (Å²) in [5.74, 6) is -0.507. The number of hydrogen-bond donors (Lipinski definition) is 2. The van der Waals surface area contributed by atoms with Crippen LogP contribution in [0.2, 0.25) is 0 Å². The van der Waals surface area contributed by atoms with E-state index in [1.54, 1.807) is 0 Å². The number of ether oxygens (including phenoxy) is 1. The van der Waals surface area contributed by atoms with Crippen molar-refractivity contribution in [3.05, 3.63) is 48.6 Å². The Labute approximate surface area is 465 Å². The summed E-state index contributed by atoms with van der Waals surface area (Å²) >= 11 is 0. The van der Waals surface area contributed by atoms with Gasteiger partial charge in [-0.2, -0.15) is 0 Å². The zero-order chi connectivity index (χ0) is 55.0. The Kier molecular flexibility index (Phi) is 53.8. The number of carbonyl (C=O) groups excluding carboxylic acids is 2. The summed E-state index contributed by atoms with van der Waals surface area (Å²) in [6.45, 7) is 7.01. The van der Waals surface area contributed by atoms with E-state index in [0.717, 1.165) is 83.5 Å². The highest BCUT2D eigenvalue weighted by Gasteiger charge is 2.30. The highest BCUT2D eigenvalue weighted by molar-refractivity contribution is 7.47. The van der Waals surface area contributed by atoms with Crippen molar-refractivity contribution in [2.75, 3.05) is 40.9 Å². The largest absolute Gasteiger partial charge is 0.472 e. The average molecular weight is 1080 g/mol. The van der Waals surface area contributed by atoms with Crippen LogP contribution in [0.3, 0.4) is 0 Å². The summed E-state index contributed by atoms with van der Waals surface area (Å²) in [4.78, 5) is 37.7. The molecule has 0 bridgehead atoms. The molecular weight excluding hydrogens is 952 g/mol. The standard InChI is InChI=1S/C65H123N2O7P/c1-7-10-13-16-19-22-25-28-30-32-33-35-36-39-42-45-48-51-54-57-64(68)66-62(61-73-75(70,71)72-60-59-67(4,5)6)63(56-53-50-47-44-41-38-27-24-21-18-15-12-9-3)74-65(69)58-55-52-49-46-43-40-37-34-31-29-26-23-20-17-14-11-8-2/h19,22,28,30,33,35,53,56,62-63H,7-18,20-21,23-27,29,31-32,34,36-52,54-55,57-61H2,1-6H3,(H-,66,68,70,71)/p+1/b22-19-,30-28-,35-33-,56-53+. The first-order valence-corrected chi connectivity index (χ1v) is 33.5. The van der Waals surface area contributed by atoms with E-state index >= 15 is 0 Å². The van der Waals surface area contributed by atoms with E-state index in [1.165, 1.54) is 186 Å². The minimum Gasteiger partial charge on any atom is -0.456 e. The topological polar surface area (TPSA) is 111 Å². The average Bonchev–Trinajstić information content (AvgIpc) is 3.37. The molecule has 75 heavy (non-hydrogen) atoms. The molecule has 3 atom stereocenters. The minimum atomic E-state index is -4.45. The van der Waals surface area contributed by atoms with Gasteiger partial charge in [-0.1, -0.05) is 269 Å². The van der Waals surface area contributed by atoms with Gasteiger partial charge in [-0.05, 0) is 70.3 Å². The molecule has 0 aliphatic rings. The maximum absolute atomic E-state index is 13.6. The van der Waals surface area contributed by atoms with E-state index in [9.17, 15) is 19.0 Å². The molecule has 1 amide bonds. The van der Waals surface area contributed by atoms with Gasteiger partial charge in [-0.15, -0.1) is 0 Å². The van der Waals surface area contributed by atoms with Crippen molar-refractivity contribution in [3.63, 3.8) is 0 Å². The van der Waals surface area contributed by atoms with Gasteiger partial charge in [-0.25, -0.2) is 4.57 Å². The normalized spacial score (nSPS) is 14.0. The molecule has 0 aliphatic carbocycles. The Bertz CT molecular complexity index is 1420. The van der Waals surface area contributed by atoms with Crippen molar-refractivity contribution >= 4 is 19.7 Å². The van der Waals surface area contributed by atoms with Gasteiger partial charge in [0.1, 0.15) is 19.3 Å². The molecule has 0 aliphatic heterocycles. The smallest absolute Gasteiger partial charge is 0.456 e. The number of phosphoric acid groups is 1. The molecule has 0 fully saturated rings. The highest BCUT2D eigenvalue weighted by atomic mass is 31.2. The van der Waals surface area contributed by atoms with Crippen LogP contribution in [-0.4, -0.2) is 74.3 Å². The number of carbonyl (C=O) groups is 2. The second-order valence-electron chi connectivity index (χ2n) is 22.9. The Morgan fingerprint density at radius 2 is 0.813 bits per heavy atom. The number of nitrogens with zero attached hydrogens (tertiary/aromatic N) is 1. The van der Waals surface area contributed by atoms with Crippen LogP contribution in [0.25, 0.3) is 0 Å². The Hall–Kier alpha value is -2.03. The predicted octanol–water partition coefficient (Wildman–Crippen LogP) is 19.7. The van der Waals surface area contributed by atoms with Crippen LogP contribution in [-0.2, 0) is 27.9 Å². The van der Waals surface area contributed by atoms with Crippen LogP contribution < -0.4 is 5.32 Å². The van der Waals surface area contributed by atoms with E-state index in [4.69, 9.17) is 13.8 Å². The van der Waals surface area contributed by atoms with Crippen LogP contribution in [0.5, 0.6) is 0 Å². The SMILES string of the molecule is CCCCC/C=C\C/C=C\C/C=C\CCCCCCCCC(=O)NC(COP(=O)(O)OCC[N+](C)(C)C)C(/C=C/CCCCCCCCCCCCC)OC(=O)CCCCCCCCCCCCCCCCCCC. The van der Waals surface area contributed by atoms with Crippen molar-refractivity contribution < 1.29 is 37.3 Å². The van der Waals surface area contributed by atoms with Crippen molar-refractivity contribution in [1.82, 2.24) is 5.32 Å². The van der Waals surface area contributed by atoms with Gasteiger partial charge < -0.3 is 19.4 Å². The molecule has 440 valence electrons. The number of hydrogen-bond acceptors (Lipinski definition) is 6. The van der Waals surface area contributed by atoms with Crippen LogP contribution >= 0.6 is 7.82 Å². The zero-order valence-electron chi connectivity index (χ0n) is 50.3. The van der Waals surface area contributed by atoms with E-state index in [1.807, 2.05) is 33.3 Å². The fourth-order valence-electron chi connectivity index (χ4n) is 9.30. The molecule has 3 unspecified atom stereocenters. The third-order valence-corrected chi connectivity index (χ3v) is 15.3. The number of unbranched alkanes of at least 4 members (excludes halogenated alkanes) is 36.